The van der Waals surface area contributed by atoms with Gasteiger partial charge >= 0.3 is 0 Å². The Labute approximate surface area is 124 Å². The van der Waals surface area contributed by atoms with Gasteiger partial charge in [0.1, 0.15) is 5.82 Å². The van der Waals surface area contributed by atoms with E-state index < -0.39 is 5.82 Å². The minimum atomic E-state index is -0.488. The van der Waals surface area contributed by atoms with E-state index in [9.17, 15) is 9.18 Å². The Bertz CT molecular complexity index is 433. The van der Waals surface area contributed by atoms with Crippen LogP contribution >= 0.6 is 24.8 Å². The van der Waals surface area contributed by atoms with Gasteiger partial charge in [-0.15, -0.1) is 24.8 Å². The Morgan fingerprint density at radius 1 is 1.53 bits per heavy atom. The molecule has 0 radical (unpaired) electrons. The quantitative estimate of drug-likeness (QED) is 0.907. The van der Waals surface area contributed by atoms with Crippen molar-refractivity contribution < 1.29 is 9.18 Å². The fraction of sp³-hybridized carbons (Fsp3) is 0.500. The molecular weight excluding hydrogens is 292 g/mol. The summed E-state index contributed by atoms with van der Waals surface area (Å²) in [6, 6.07) is 1.37. The molecule has 0 aliphatic carbocycles. The summed E-state index contributed by atoms with van der Waals surface area (Å²) in [7, 11) is 0. The highest BCUT2D eigenvalue weighted by Crippen LogP contribution is 2.23. The van der Waals surface area contributed by atoms with E-state index in [1.54, 1.807) is 4.90 Å². The van der Waals surface area contributed by atoms with Crippen LogP contribution in [-0.4, -0.2) is 34.9 Å². The van der Waals surface area contributed by atoms with Gasteiger partial charge in [0.2, 0.25) is 0 Å². The van der Waals surface area contributed by atoms with Gasteiger partial charge in [-0.3, -0.25) is 9.78 Å². The van der Waals surface area contributed by atoms with Crippen LogP contribution in [0.4, 0.5) is 4.39 Å². The van der Waals surface area contributed by atoms with Crippen molar-refractivity contribution in [1.29, 1.82) is 0 Å². The number of aromatic nitrogens is 1. The molecule has 0 spiro atoms. The van der Waals surface area contributed by atoms with Gasteiger partial charge in [-0.05, 0) is 31.9 Å². The highest BCUT2D eigenvalue weighted by Gasteiger charge is 2.32. The van der Waals surface area contributed by atoms with Crippen molar-refractivity contribution in [3.8, 4) is 0 Å². The molecule has 0 saturated carbocycles. The Balaban J connectivity index is 0.00000162. The van der Waals surface area contributed by atoms with Gasteiger partial charge in [0.25, 0.3) is 5.91 Å². The monoisotopic (exact) mass is 309 g/mol. The average Bonchev–Trinajstić information content (AvgIpc) is 2.69. The maximum Gasteiger partial charge on any atom is 0.255 e. The first-order valence-electron chi connectivity index (χ1n) is 5.73. The Hall–Kier alpha value is -0.910. The van der Waals surface area contributed by atoms with Gasteiger partial charge < -0.3 is 10.6 Å². The summed E-state index contributed by atoms with van der Waals surface area (Å²) in [5.41, 5.74) is 5.91. The van der Waals surface area contributed by atoms with E-state index >= 15 is 0 Å². The van der Waals surface area contributed by atoms with Gasteiger partial charge in [-0.1, -0.05) is 0 Å². The zero-order chi connectivity index (χ0) is 12.4. The molecular formula is C12H18Cl2FN3O. The number of nitrogens with two attached hydrogens (primary N) is 1. The van der Waals surface area contributed by atoms with Crippen molar-refractivity contribution in [3.63, 3.8) is 0 Å². The molecule has 1 aliphatic heterocycles. The molecule has 1 aromatic rings. The number of halogens is 3. The number of rotatable bonds is 2. The van der Waals surface area contributed by atoms with E-state index in [1.165, 1.54) is 12.3 Å². The predicted molar refractivity (Wildman–Crippen MR) is 76.4 cm³/mol. The van der Waals surface area contributed by atoms with Crippen molar-refractivity contribution in [2.75, 3.05) is 13.1 Å². The lowest BCUT2D eigenvalue weighted by Gasteiger charge is -2.21. The second-order valence-electron chi connectivity index (χ2n) is 4.54. The number of likely N-dealkylation sites (tertiary alicyclic amines) is 1. The summed E-state index contributed by atoms with van der Waals surface area (Å²) in [5, 5.41) is 0. The van der Waals surface area contributed by atoms with Crippen LogP contribution in [0.2, 0.25) is 0 Å². The fourth-order valence-electron chi connectivity index (χ4n) is 2.29. The van der Waals surface area contributed by atoms with Crippen LogP contribution < -0.4 is 5.73 Å². The van der Waals surface area contributed by atoms with Gasteiger partial charge in [0.05, 0.1) is 11.8 Å². The smallest absolute Gasteiger partial charge is 0.255 e. The van der Waals surface area contributed by atoms with E-state index in [0.717, 1.165) is 12.6 Å². The van der Waals surface area contributed by atoms with Crippen LogP contribution in [0.5, 0.6) is 0 Å². The van der Waals surface area contributed by atoms with E-state index in [4.69, 9.17) is 5.73 Å². The van der Waals surface area contributed by atoms with Gasteiger partial charge in [0.15, 0.2) is 0 Å². The molecule has 0 aromatic carbocycles. The lowest BCUT2D eigenvalue weighted by atomic mass is 10.1. The molecule has 1 aliphatic rings. The molecule has 1 fully saturated rings. The summed E-state index contributed by atoms with van der Waals surface area (Å²) in [6.07, 6.45) is 3.39. The van der Waals surface area contributed by atoms with Gasteiger partial charge in [0, 0.05) is 18.8 Å². The Morgan fingerprint density at radius 2 is 2.21 bits per heavy atom. The first-order chi connectivity index (χ1) is 8.11. The van der Waals surface area contributed by atoms with Crippen LogP contribution in [0.25, 0.3) is 0 Å². The van der Waals surface area contributed by atoms with Crippen molar-refractivity contribution in [2.45, 2.75) is 19.4 Å². The van der Waals surface area contributed by atoms with Gasteiger partial charge in [-0.2, -0.15) is 0 Å². The number of hydrogen-bond donors (Lipinski definition) is 1. The zero-order valence-corrected chi connectivity index (χ0v) is 12.2. The third-order valence-electron chi connectivity index (χ3n) is 3.21. The van der Waals surface area contributed by atoms with Crippen LogP contribution in [0.1, 0.15) is 23.7 Å². The molecule has 2 unspecified atom stereocenters. The van der Waals surface area contributed by atoms with Crippen LogP contribution in [0.3, 0.4) is 0 Å². The second kappa shape index (κ2) is 7.62. The average molecular weight is 310 g/mol. The number of nitrogens with zero attached hydrogens (tertiary/aromatic N) is 2. The Kier molecular flexibility index (Phi) is 7.26. The number of carbonyl (C=O) groups is 1. The standard InChI is InChI=1S/C12H16FN3O.2ClH/c1-8-2-9(4-14)7-16(8)12(17)10-3-11(13)6-15-5-10;;/h3,5-6,8-9H,2,4,7,14H2,1H3;2*1H. The minimum Gasteiger partial charge on any atom is -0.336 e. The molecule has 4 nitrogen and oxygen atoms in total. The molecule has 2 N–H and O–H groups in total. The predicted octanol–water partition coefficient (Wildman–Crippen LogP) is 1.87. The highest BCUT2D eigenvalue weighted by atomic mass is 35.5. The SMILES string of the molecule is CC1CC(CN)CN1C(=O)c1cncc(F)c1.Cl.Cl. The third-order valence-corrected chi connectivity index (χ3v) is 3.21. The molecule has 1 aromatic heterocycles. The molecule has 1 amide bonds. The summed E-state index contributed by atoms with van der Waals surface area (Å²) in [5.74, 6) is -0.311. The lowest BCUT2D eigenvalue weighted by Crippen LogP contribution is -2.34. The Morgan fingerprint density at radius 3 is 2.74 bits per heavy atom. The van der Waals surface area contributed by atoms with Crippen molar-refractivity contribution >= 4 is 30.7 Å². The minimum absolute atomic E-state index is 0. The van der Waals surface area contributed by atoms with Crippen LogP contribution in [0.15, 0.2) is 18.5 Å². The van der Waals surface area contributed by atoms with E-state index in [0.29, 0.717) is 24.6 Å². The zero-order valence-electron chi connectivity index (χ0n) is 10.6. The summed E-state index contributed by atoms with van der Waals surface area (Å²) in [6.45, 7) is 3.21. The van der Waals surface area contributed by atoms with Crippen molar-refractivity contribution in [1.82, 2.24) is 9.88 Å². The number of pyridine rings is 1. The maximum absolute atomic E-state index is 13.0. The van der Waals surface area contributed by atoms with E-state index in [2.05, 4.69) is 4.98 Å². The van der Waals surface area contributed by atoms with E-state index in [-0.39, 0.29) is 36.8 Å². The fourth-order valence-corrected chi connectivity index (χ4v) is 2.29. The molecule has 2 rings (SSSR count). The van der Waals surface area contributed by atoms with Crippen molar-refractivity contribution in [3.05, 3.63) is 29.8 Å². The van der Waals surface area contributed by atoms with Crippen molar-refractivity contribution in [2.24, 2.45) is 11.7 Å². The van der Waals surface area contributed by atoms with Crippen LogP contribution in [-0.2, 0) is 0 Å². The normalized spacial score (nSPS) is 21.5. The lowest BCUT2D eigenvalue weighted by molar-refractivity contribution is 0.0742. The van der Waals surface area contributed by atoms with Crippen LogP contribution in [0, 0.1) is 11.7 Å². The molecule has 7 heteroatoms. The topological polar surface area (TPSA) is 59.2 Å². The third kappa shape index (κ3) is 4.03. The second-order valence-corrected chi connectivity index (χ2v) is 4.54. The number of amides is 1. The number of carbonyl (C=O) groups excluding carboxylic acids is 1. The largest absolute Gasteiger partial charge is 0.336 e. The highest BCUT2D eigenvalue weighted by molar-refractivity contribution is 5.94. The first-order valence-corrected chi connectivity index (χ1v) is 5.73. The van der Waals surface area contributed by atoms with Gasteiger partial charge in [-0.25, -0.2) is 4.39 Å². The summed E-state index contributed by atoms with van der Waals surface area (Å²) >= 11 is 0. The molecule has 2 atom stereocenters. The molecule has 1 saturated heterocycles. The molecule has 19 heavy (non-hydrogen) atoms. The first kappa shape index (κ1) is 18.1. The van der Waals surface area contributed by atoms with E-state index in [1.807, 2.05) is 6.92 Å². The molecule has 2 heterocycles. The maximum atomic E-state index is 13.0. The summed E-state index contributed by atoms with van der Waals surface area (Å²) in [4.78, 5) is 17.6. The number of hydrogen-bond acceptors (Lipinski definition) is 3. The summed E-state index contributed by atoms with van der Waals surface area (Å²) < 4.78 is 13.0. The molecule has 0 bridgehead atoms. The molecule has 108 valence electrons.